The molecule has 21 heavy (non-hydrogen) atoms. The first-order valence-electron chi connectivity index (χ1n) is 7.16. The van der Waals surface area contributed by atoms with Crippen molar-refractivity contribution in [2.45, 2.75) is 19.8 Å². The van der Waals surface area contributed by atoms with E-state index in [-0.39, 0.29) is 0 Å². The number of para-hydroxylation sites is 2. The highest BCUT2D eigenvalue weighted by atomic mass is 16.1. The second-order valence-corrected chi connectivity index (χ2v) is 4.95. The summed E-state index contributed by atoms with van der Waals surface area (Å²) in [5.74, 6) is -0.463. The van der Waals surface area contributed by atoms with Crippen LogP contribution < -0.4 is 16.4 Å². The lowest BCUT2D eigenvalue weighted by molar-refractivity contribution is 0.100. The van der Waals surface area contributed by atoms with Crippen LogP contribution >= 0.6 is 0 Å². The van der Waals surface area contributed by atoms with Crippen LogP contribution in [0, 0.1) is 0 Å². The zero-order chi connectivity index (χ0) is 15.2. The molecule has 2 rings (SSSR count). The van der Waals surface area contributed by atoms with Crippen LogP contribution in [0.1, 0.15) is 30.1 Å². The number of carbonyl (C=O) groups excluding carboxylic acids is 1. The van der Waals surface area contributed by atoms with Gasteiger partial charge in [0.1, 0.15) is 0 Å². The first kappa shape index (κ1) is 14.9. The Hall–Kier alpha value is -2.49. The number of nitrogens with zero attached hydrogens (tertiary/aromatic N) is 1. The number of carbonyl (C=O) groups is 1. The van der Waals surface area contributed by atoms with Crippen molar-refractivity contribution in [1.29, 1.82) is 0 Å². The van der Waals surface area contributed by atoms with E-state index in [9.17, 15) is 4.79 Å². The average Bonchev–Trinajstić information content (AvgIpc) is 2.49. The summed E-state index contributed by atoms with van der Waals surface area (Å²) in [6.45, 7) is 2.92. The molecule has 4 nitrogen and oxygen atoms in total. The Morgan fingerprint density at radius 3 is 2.43 bits per heavy atom. The van der Waals surface area contributed by atoms with Gasteiger partial charge in [-0.3, -0.25) is 4.79 Å². The number of primary amides is 1. The molecule has 1 amide bonds. The quantitative estimate of drug-likeness (QED) is 0.799. The average molecular weight is 283 g/mol. The van der Waals surface area contributed by atoms with E-state index in [1.807, 2.05) is 30.3 Å². The van der Waals surface area contributed by atoms with Crippen molar-refractivity contribution < 1.29 is 4.79 Å². The lowest BCUT2D eigenvalue weighted by Gasteiger charge is -2.28. The summed E-state index contributed by atoms with van der Waals surface area (Å²) in [4.78, 5) is 13.8. The van der Waals surface area contributed by atoms with Gasteiger partial charge in [0.2, 0.25) is 0 Å². The third kappa shape index (κ3) is 3.34. The molecule has 0 unspecified atom stereocenters. The molecular formula is C17H21N3O. The zero-order valence-electron chi connectivity index (χ0n) is 12.3. The monoisotopic (exact) mass is 283 g/mol. The Morgan fingerprint density at radius 1 is 1.10 bits per heavy atom. The molecule has 0 heterocycles. The van der Waals surface area contributed by atoms with Crippen LogP contribution in [0.2, 0.25) is 0 Å². The summed E-state index contributed by atoms with van der Waals surface area (Å²) in [6, 6.07) is 15.2. The van der Waals surface area contributed by atoms with Crippen molar-refractivity contribution >= 4 is 23.0 Å². The van der Waals surface area contributed by atoms with Gasteiger partial charge in [0.15, 0.2) is 0 Å². The molecule has 2 aromatic rings. The number of benzene rings is 2. The fraction of sp³-hybridized carbons (Fsp3) is 0.235. The number of rotatable bonds is 6. The predicted octanol–water partition coefficient (Wildman–Crippen LogP) is 3.31. The molecule has 110 valence electrons. The molecule has 0 radical (unpaired) electrons. The Morgan fingerprint density at radius 2 is 1.81 bits per heavy atom. The van der Waals surface area contributed by atoms with Crippen LogP contribution in [-0.4, -0.2) is 12.5 Å². The molecule has 0 atom stereocenters. The fourth-order valence-electron chi connectivity index (χ4n) is 2.36. The van der Waals surface area contributed by atoms with E-state index in [1.54, 1.807) is 18.2 Å². The molecular weight excluding hydrogens is 262 g/mol. The highest BCUT2D eigenvalue weighted by Gasteiger charge is 2.18. The van der Waals surface area contributed by atoms with Crippen LogP contribution in [0.15, 0.2) is 48.5 Å². The van der Waals surface area contributed by atoms with Gasteiger partial charge in [-0.2, -0.15) is 0 Å². The van der Waals surface area contributed by atoms with Crippen molar-refractivity contribution in [3.8, 4) is 0 Å². The third-order valence-electron chi connectivity index (χ3n) is 3.41. The van der Waals surface area contributed by atoms with Gasteiger partial charge in [-0.15, -0.1) is 0 Å². The lowest BCUT2D eigenvalue weighted by atomic mass is 10.1. The van der Waals surface area contributed by atoms with E-state index in [0.29, 0.717) is 16.9 Å². The van der Waals surface area contributed by atoms with Crippen molar-refractivity contribution in [2.24, 2.45) is 5.73 Å². The summed E-state index contributed by atoms with van der Waals surface area (Å²) < 4.78 is 0. The summed E-state index contributed by atoms with van der Waals surface area (Å²) in [5.41, 5.74) is 14.3. The van der Waals surface area contributed by atoms with Gasteiger partial charge in [0, 0.05) is 12.2 Å². The Balaban J connectivity index is 2.54. The van der Waals surface area contributed by atoms with Gasteiger partial charge >= 0.3 is 0 Å². The second-order valence-electron chi connectivity index (χ2n) is 4.95. The highest BCUT2D eigenvalue weighted by molar-refractivity contribution is 6.02. The Bertz CT molecular complexity index is 611. The van der Waals surface area contributed by atoms with Crippen LogP contribution in [0.3, 0.4) is 0 Å². The van der Waals surface area contributed by atoms with E-state index in [1.165, 1.54) is 0 Å². The smallest absolute Gasteiger partial charge is 0.250 e. The molecule has 0 aliphatic rings. The van der Waals surface area contributed by atoms with E-state index >= 15 is 0 Å². The molecule has 4 N–H and O–H groups in total. The summed E-state index contributed by atoms with van der Waals surface area (Å²) >= 11 is 0. The molecule has 0 aromatic heterocycles. The van der Waals surface area contributed by atoms with E-state index in [2.05, 4.69) is 11.8 Å². The Labute approximate surface area is 125 Å². The van der Waals surface area contributed by atoms with Crippen LogP contribution in [0.5, 0.6) is 0 Å². The van der Waals surface area contributed by atoms with Gasteiger partial charge in [0.05, 0.1) is 16.9 Å². The minimum atomic E-state index is -0.463. The van der Waals surface area contributed by atoms with Gasteiger partial charge in [-0.05, 0) is 30.7 Å². The van der Waals surface area contributed by atoms with Gasteiger partial charge < -0.3 is 16.4 Å². The normalized spacial score (nSPS) is 10.3. The number of nitrogens with two attached hydrogens (primary N) is 2. The van der Waals surface area contributed by atoms with Gasteiger partial charge in [-0.25, -0.2) is 0 Å². The maximum Gasteiger partial charge on any atom is 0.250 e. The van der Waals surface area contributed by atoms with Crippen LogP contribution in [0.25, 0.3) is 0 Å². The second kappa shape index (κ2) is 6.79. The van der Waals surface area contributed by atoms with E-state index < -0.39 is 5.91 Å². The maximum absolute atomic E-state index is 11.7. The molecule has 0 saturated carbocycles. The topological polar surface area (TPSA) is 72.3 Å². The van der Waals surface area contributed by atoms with Crippen LogP contribution in [0.4, 0.5) is 17.1 Å². The molecule has 2 aromatic carbocycles. The first-order chi connectivity index (χ1) is 10.1. The fourth-order valence-corrected chi connectivity index (χ4v) is 2.36. The van der Waals surface area contributed by atoms with Crippen molar-refractivity contribution in [2.75, 3.05) is 17.2 Å². The highest BCUT2D eigenvalue weighted by Crippen LogP contribution is 2.33. The minimum Gasteiger partial charge on any atom is -0.397 e. The SMILES string of the molecule is CCCCN(c1ccccc1)c1c(N)cccc1C(N)=O. The summed E-state index contributed by atoms with van der Waals surface area (Å²) in [5, 5.41) is 0. The number of amides is 1. The number of anilines is 3. The molecule has 0 aliphatic heterocycles. The molecule has 0 spiro atoms. The number of hydrogen-bond donors (Lipinski definition) is 2. The van der Waals surface area contributed by atoms with E-state index in [4.69, 9.17) is 11.5 Å². The molecule has 4 heteroatoms. The van der Waals surface area contributed by atoms with Crippen molar-refractivity contribution in [3.63, 3.8) is 0 Å². The molecule has 0 aliphatic carbocycles. The number of unbranched alkanes of at least 4 members (excludes halogenated alkanes) is 1. The first-order valence-corrected chi connectivity index (χ1v) is 7.16. The largest absolute Gasteiger partial charge is 0.397 e. The van der Waals surface area contributed by atoms with E-state index in [0.717, 1.165) is 25.1 Å². The lowest BCUT2D eigenvalue weighted by Crippen LogP contribution is -2.24. The summed E-state index contributed by atoms with van der Waals surface area (Å²) in [7, 11) is 0. The third-order valence-corrected chi connectivity index (χ3v) is 3.41. The van der Waals surface area contributed by atoms with Crippen molar-refractivity contribution in [3.05, 3.63) is 54.1 Å². The molecule has 0 saturated heterocycles. The van der Waals surface area contributed by atoms with Gasteiger partial charge in [-0.1, -0.05) is 37.6 Å². The predicted molar refractivity (Wildman–Crippen MR) is 87.7 cm³/mol. The molecule has 0 bridgehead atoms. The zero-order valence-corrected chi connectivity index (χ0v) is 12.3. The number of nitrogen functional groups attached to an aromatic ring is 1. The van der Waals surface area contributed by atoms with Crippen LogP contribution in [-0.2, 0) is 0 Å². The van der Waals surface area contributed by atoms with Crippen molar-refractivity contribution in [1.82, 2.24) is 0 Å². The Kier molecular flexibility index (Phi) is 4.82. The maximum atomic E-state index is 11.7. The van der Waals surface area contributed by atoms with Gasteiger partial charge in [0.25, 0.3) is 5.91 Å². The summed E-state index contributed by atoms with van der Waals surface area (Å²) in [6.07, 6.45) is 2.06. The minimum absolute atomic E-state index is 0.454. The molecule has 0 fully saturated rings. The number of hydrogen-bond acceptors (Lipinski definition) is 3. The standard InChI is InChI=1S/C17H21N3O/c1-2-3-12-20(13-8-5-4-6-9-13)16-14(17(19)21)10-7-11-15(16)18/h4-11H,2-3,12,18H2,1H3,(H2,19,21).